The van der Waals surface area contributed by atoms with E-state index in [4.69, 9.17) is 6.42 Å². The molecule has 3 heteroatoms. The quantitative estimate of drug-likeness (QED) is 0.822. The van der Waals surface area contributed by atoms with Gasteiger partial charge in [-0.05, 0) is 31.0 Å². The molecule has 1 aliphatic rings. The van der Waals surface area contributed by atoms with Gasteiger partial charge in [0.1, 0.15) is 5.41 Å². The number of nitrogens with one attached hydrogen (secondary N) is 1. The number of rotatable bonds is 2. The molecule has 0 saturated heterocycles. The molecule has 1 amide bonds. The summed E-state index contributed by atoms with van der Waals surface area (Å²) in [6, 6.07) is 9.34. The molecule has 0 atom stereocenters. The summed E-state index contributed by atoms with van der Waals surface area (Å²) in [6.07, 6.45) is 9.59. The van der Waals surface area contributed by atoms with Crippen LogP contribution in [0.3, 0.4) is 0 Å². The smallest absolute Gasteiger partial charge is 0.244 e. The van der Waals surface area contributed by atoms with Crippen LogP contribution in [-0.2, 0) is 4.79 Å². The molecule has 1 aromatic carbocycles. The van der Waals surface area contributed by atoms with Gasteiger partial charge in [0, 0.05) is 11.3 Å². The minimum absolute atomic E-state index is 0.205. The lowest BCUT2D eigenvalue weighted by Crippen LogP contribution is -2.36. The van der Waals surface area contributed by atoms with Crippen LogP contribution in [0.25, 0.3) is 0 Å². The van der Waals surface area contributed by atoms with Gasteiger partial charge in [0.25, 0.3) is 0 Å². The average molecular weight is 252 g/mol. The standard InChI is InChI=1S/C16H16N2O/c1-2-13-7-6-8-14(11-13)18-15(19)16(12-17)9-4-3-5-10-16/h1,6-8,11H,3-5,9-10H2,(H,18,19). The van der Waals surface area contributed by atoms with Gasteiger partial charge in [0.2, 0.25) is 5.91 Å². The van der Waals surface area contributed by atoms with E-state index in [1.54, 1.807) is 24.3 Å². The Morgan fingerprint density at radius 2 is 2.05 bits per heavy atom. The third kappa shape index (κ3) is 2.77. The van der Waals surface area contributed by atoms with E-state index < -0.39 is 5.41 Å². The molecule has 1 aliphatic carbocycles. The predicted octanol–water partition coefficient (Wildman–Crippen LogP) is 3.08. The van der Waals surface area contributed by atoms with Gasteiger partial charge in [-0.2, -0.15) is 5.26 Å². The van der Waals surface area contributed by atoms with Crippen LogP contribution in [0.2, 0.25) is 0 Å². The Hall–Kier alpha value is -2.26. The van der Waals surface area contributed by atoms with E-state index in [-0.39, 0.29) is 5.91 Å². The van der Waals surface area contributed by atoms with Crippen molar-refractivity contribution in [1.29, 1.82) is 5.26 Å². The van der Waals surface area contributed by atoms with Crippen molar-refractivity contribution in [3.8, 4) is 18.4 Å². The maximum absolute atomic E-state index is 12.3. The second-order valence-electron chi connectivity index (χ2n) is 4.93. The molecule has 0 aromatic heterocycles. The molecule has 0 aliphatic heterocycles. The van der Waals surface area contributed by atoms with E-state index >= 15 is 0 Å². The lowest BCUT2D eigenvalue weighted by molar-refractivity contribution is -0.124. The Labute approximate surface area is 113 Å². The van der Waals surface area contributed by atoms with Crippen LogP contribution in [-0.4, -0.2) is 5.91 Å². The molecule has 19 heavy (non-hydrogen) atoms. The Balaban J connectivity index is 2.16. The molecule has 96 valence electrons. The zero-order valence-electron chi connectivity index (χ0n) is 10.8. The van der Waals surface area contributed by atoms with Crippen LogP contribution in [0.1, 0.15) is 37.7 Å². The summed E-state index contributed by atoms with van der Waals surface area (Å²) in [5.41, 5.74) is 0.498. The van der Waals surface area contributed by atoms with E-state index in [9.17, 15) is 10.1 Å². The molecule has 0 spiro atoms. The van der Waals surface area contributed by atoms with Crippen molar-refractivity contribution in [2.24, 2.45) is 5.41 Å². The third-order valence-electron chi connectivity index (χ3n) is 3.64. The van der Waals surface area contributed by atoms with Gasteiger partial charge in [-0.25, -0.2) is 0 Å². The lowest BCUT2D eigenvalue weighted by atomic mass is 9.74. The SMILES string of the molecule is C#Cc1cccc(NC(=O)C2(C#N)CCCCC2)c1. The summed E-state index contributed by atoms with van der Waals surface area (Å²) in [5, 5.41) is 12.2. The summed E-state index contributed by atoms with van der Waals surface area (Å²) in [5.74, 6) is 2.32. The molecule has 0 bridgehead atoms. The normalized spacial score (nSPS) is 16.9. The number of carbonyl (C=O) groups is 1. The highest BCUT2D eigenvalue weighted by molar-refractivity contribution is 5.97. The molecule has 0 radical (unpaired) electrons. The van der Waals surface area contributed by atoms with Gasteiger partial charge >= 0.3 is 0 Å². The number of hydrogen-bond acceptors (Lipinski definition) is 2. The molecule has 1 aromatic rings. The Kier molecular flexibility index (Phi) is 3.88. The monoisotopic (exact) mass is 252 g/mol. The summed E-state index contributed by atoms with van der Waals surface area (Å²) in [6.45, 7) is 0. The molecule has 3 nitrogen and oxygen atoms in total. The fourth-order valence-electron chi connectivity index (χ4n) is 2.48. The number of nitriles is 1. The fourth-order valence-corrected chi connectivity index (χ4v) is 2.48. The van der Waals surface area contributed by atoms with Crippen molar-refractivity contribution in [3.05, 3.63) is 29.8 Å². The van der Waals surface area contributed by atoms with Gasteiger partial charge < -0.3 is 5.32 Å². The first-order valence-electron chi connectivity index (χ1n) is 6.49. The van der Waals surface area contributed by atoms with Gasteiger partial charge in [0.15, 0.2) is 0 Å². The number of anilines is 1. The first-order valence-corrected chi connectivity index (χ1v) is 6.49. The molecule has 1 saturated carbocycles. The number of benzene rings is 1. The number of amides is 1. The van der Waals surface area contributed by atoms with Crippen molar-refractivity contribution in [2.45, 2.75) is 32.1 Å². The van der Waals surface area contributed by atoms with Crippen LogP contribution in [0.15, 0.2) is 24.3 Å². The first kappa shape index (κ1) is 13.2. The second kappa shape index (κ2) is 5.59. The lowest BCUT2D eigenvalue weighted by Gasteiger charge is -2.29. The molecular formula is C16H16N2O. The molecular weight excluding hydrogens is 236 g/mol. The average Bonchev–Trinajstić information content (AvgIpc) is 2.48. The Morgan fingerprint density at radius 3 is 2.68 bits per heavy atom. The number of hydrogen-bond donors (Lipinski definition) is 1. The van der Waals surface area contributed by atoms with Gasteiger partial charge in [-0.3, -0.25) is 4.79 Å². The highest BCUT2D eigenvalue weighted by Gasteiger charge is 2.39. The maximum Gasteiger partial charge on any atom is 0.244 e. The van der Waals surface area contributed by atoms with Crippen molar-refractivity contribution < 1.29 is 4.79 Å². The topological polar surface area (TPSA) is 52.9 Å². The molecule has 0 unspecified atom stereocenters. The number of carbonyl (C=O) groups excluding carboxylic acids is 1. The van der Waals surface area contributed by atoms with Crippen molar-refractivity contribution in [2.75, 3.05) is 5.32 Å². The number of nitrogens with zero attached hydrogens (tertiary/aromatic N) is 1. The van der Waals surface area contributed by atoms with Crippen molar-refractivity contribution >= 4 is 11.6 Å². The van der Waals surface area contributed by atoms with Crippen LogP contribution in [0, 0.1) is 29.1 Å². The largest absolute Gasteiger partial charge is 0.325 e. The summed E-state index contributed by atoms with van der Waals surface area (Å²) in [7, 11) is 0. The minimum atomic E-state index is -0.871. The van der Waals surface area contributed by atoms with Crippen molar-refractivity contribution in [1.82, 2.24) is 0 Å². The van der Waals surface area contributed by atoms with E-state index in [0.29, 0.717) is 24.1 Å². The summed E-state index contributed by atoms with van der Waals surface area (Å²) in [4.78, 5) is 12.3. The van der Waals surface area contributed by atoms with E-state index in [1.165, 1.54) is 0 Å². The van der Waals surface area contributed by atoms with Crippen LogP contribution in [0.4, 0.5) is 5.69 Å². The molecule has 1 fully saturated rings. The zero-order valence-corrected chi connectivity index (χ0v) is 10.8. The fraction of sp³-hybridized carbons (Fsp3) is 0.375. The number of terminal acetylenes is 1. The molecule has 2 rings (SSSR count). The van der Waals surface area contributed by atoms with E-state index in [0.717, 1.165) is 19.3 Å². The van der Waals surface area contributed by atoms with Gasteiger partial charge in [-0.15, -0.1) is 6.42 Å². The Morgan fingerprint density at radius 1 is 1.32 bits per heavy atom. The summed E-state index contributed by atoms with van der Waals surface area (Å²) >= 11 is 0. The highest BCUT2D eigenvalue weighted by atomic mass is 16.2. The molecule has 1 N–H and O–H groups in total. The van der Waals surface area contributed by atoms with Crippen LogP contribution < -0.4 is 5.32 Å². The first-order chi connectivity index (χ1) is 9.20. The highest BCUT2D eigenvalue weighted by Crippen LogP contribution is 2.36. The Bertz CT molecular complexity index is 557. The minimum Gasteiger partial charge on any atom is -0.325 e. The zero-order chi connectivity index (χ0) is 13.7. The third-order valence-corrected chi connectivity index (χ3v) is 3.64. The van der Waals surface area contributed by atoms with Crippen LogP contribution in [0.5, 0.6) is 0 Å². The van der Waals surface area contributed by atoms with E-state index in [1.807, 2.05) is 0 Å². The molecule has 0 heterocycles. The second-order valence-corrected chi connectivity index (χ2v) is 4.93. The predicted molar refractivity (Wildman–Crippen MR) is 74.1 cm³/mol. The van der Waals surface area contributed by atoms with Gasteiger partial charge in [0.05, 0.1) is 6.07 Å². The van der Waals surface area contributed by atoms with E-state index in [2.05, 4.69) is 17.3 Å². The van der Waals surface area contributed by atoms with Crippen molar-refractivity contribution in [3.63, 3.8) is 0 Å². The maximum atomic E-state index is 12.3. The summed E-state index contributed by atoms with van der Waals surface area (Å²) < 4.78 is 0. The van der Waals surface area contributed by atoms with Crippen LogP contribution >= 0.6 is 0 Å². The van der Waals surface area contributed by atoms with Gasteiger partial charge in [-0.1, -0.05) is 31.2 Å².